The molecule has 1 amide bonds. The van der Waals surface area contributed by atoms with Crippen LogP contribution in [0.4, 0.5) is 0 Å². The van der Waals surface area contributed by atoms with Crippen LogP contribution in [0.3, 0.4) is 0 Å². The molecule has 43 heavy (non-hydrogen) atoms. The van der Waals surface area contributed by atoms with Gasteiger partial charge in [0.1, 0.15) is 0 Å². The summed E-state index contributed by atoms with van der Waals surface area (Å²) in [6, 6.07) is 20.9. The zero-order chi connectivity index (χ0) is 30.1. The molecule has 0 spiro atoms. The zero-order valence-electron chi connectivity index (χ0n) is 24.8. The summed E-state index contributed by atoms with van der Waals surface area (Å²) in [4.78, 5) is 42.9. The van der Waals surface area contributed by atoms with Crippen LogP contribution < -0.4 is 10.9 Å². The number of fused-ring (bicyclic) bond motifs is 1. The third-order valence-corrected chi connectivity index (χ3v) is 8.66. The normalized spacial score (nSPS) is 16.2. The maximum Gasteiger partial charge on any atom is 0.335 e. The number of carboxylic acids is 1. The Labute approximate surface area is 251 Å². The SMILES string of the molecule is Cc1ccc(C(=O)NC2CC2)cc1-c1ccc2c(=O)n(Cc3ccc(C(=O)O)cc3)c(CN3CCCN(C)CC3)cc2c1. The number of rotatable bonds is 8. The first-order chi connectivity index (χ1) is 20.7. The Morgan fingerprint density at radius 3 is 2.40 bits per heavy atom. The van der Waals surface area contributed by atoms with Crippen molar-refractivity contribution in [2.24, 2.45) is 0 Å². The van der Waals surface area contributed by atoms with Crippen LogP contribution in [0, 0.1) is 6.92 Å². The maximum absolute atomic E-state index is 14.0. The van der Waals surface area contributed by atoms with E-state index in [1.54, 1.807) is 24.3 Å². The fourth-order valence-electron chi connectivity index (χ4n) is 5.88. The third kappa shape index (κ3) is 6.55. The lowest BCUT2D eigenvalue weighted by molar-refractivity contribution is 0.0696. The number of amides is 1. The van der Waals surface area contributed by atoms with Crippen LogP contribution in [0.5, 0.6) is 0 Å². The zero-order valence-corrected chi connectivity index (χ0v) is 24.8. The van der Waals surface area contributed by atoms with Gasteiger partial charge in [0.15, 0.2) is 0 Å². The molecule has 0 unspecified atom stereocenters. The van der Waals surface area contributed by atoms with Crippen molar-refractivity contribution in [1.82, 2.24) is 19.7 Å². The van der Waals surface area contributed by atoms with Crippen molar-refractivity contribution < 1.29 is 14.7 Å². The Bertz CT molecular complexity index is 1740. The summed E-state index contributed by atoms with van der Waals surface area (Å²) in [5, 5.41) is 13.9. The first kappa shape index (κ1) is 28.8. The van der Waals surface area contributed by atoms with E-state index >= 15 is 0 Å². The molecule has 8 heteroatoms. The molecule has 2 heterocycles. The predicted octanol–water partition coefficient (Wildman–Crippen LogP) is 4.75. The molecule has 6 rings (SSSR count). The Kier molecular flexibility index (Phi) is 8.15. The third-order valence-electron chi connectivity index (χ3n) is 8.66. The Morgan fingerprint density at radius 2 is 1.65 bits per heavy atom. The topological polar surface area (TPSA) is 94.9 Å². The van der Waals surface area contributed by atoms with Gasteiger partial charge in [-0.05, 0) is 116 Å². The Morgan fingerprint density at radius 1 is 0.884 bits per heavy atom. The van der Waals surface area contributed by atoms with Gasteiger partial charge in [-0.3, -0.25) is 14.5 Å². The number of benzene rings is 3. The summed E-state index contributed by atoms with van der Waals surface area (Å²) in [6.45, 7) is 6.95. The van der Waals surface area contributed by atoms with E-state index in [0.717, 1.165) is 78.8 Å². The van der Waals surface area contributed by atoms with E-state index in [1.807, 2.05) is 41.8 Å². The van der Waals surface area contributed by atoms with Crippen LogP contribution >= 0.6 is 0 Å². The van der Waals surface area contributed by atoms with Gasteiger partial charge >= 0.3 is 5.97 Å². The number of aryl methyl sites for hydroxylation is 1. The summed E-state index contributed by atoms with van der Waals surface area (Å²) in [5.74, 6) is -1.02. The second-order valence-electron chi connectivity index (χ2n) is 12.0. The molecule has 2 N–H and O–H groups in total. The van der Waals surface area contributed by atoms with Gasteiger partial charge in [0.25, 0.3) is 11.5 Å². The minimum atomic E-state index is -0.971. The van der Waals surface area contributed by atoms with E-state index in [-0.39, 0.29) is 17.0 Å². The highest BCUT2D eigenvalue weighted by Crippen LogP contribution is 2.29. The molecule has 3 aromatic carbocycles. The molecule has 1 aliphatic heterocycles. The number of hydrogen-bond acceptors (Lipinski definition) is 5. The molecule has 0 bridgehead atoms. The van der Waals surface area contributed by atoms with Gasteiger partial charge in [-0.1, -0.05) is 24.3 Å². The molecule has 0 radical (unpaired) electrons. The van der Waals surface area contributed by atoms with Gasteiger partial charge in [-0.25, -0.2) is 4.79 Å². The summed E-state index contributed by atoms with van der Waals surface area (Å²) in [6.07, 6.45) is 3.15. The highest BCUT2D eigenvalue weighted by Gasteiger charge is 2.24. The van der Waals surface area contributed by atoms with Crippen molar-refractivity contribution >= 4 is 22.6 Å². The molecular weight excluding hydrogens is 540 g/mol. The molecule has 222 valence electrons. The van der Waals surface area contributed by atoms with Gasteiger partial charge < -0.3 is 19.9 Å². The molecule has 1 aliphatic carbocycles. The van der Waals surface area contributed by atoms with E-state index in [9.17, 15) is 19.5 Å². The molecule has 1 aromatic heterocycles. The lowest BCUT2D eigenvalue weighted by Gasteiger charge is -2.23. The Hall–Kier alpha value is -4.27. The van der Waals surface area contributed by atoms with Crippen molar-refractivity contribution in [3.05, 3.63) is 105 Å². The molecule has 1 saturated heterocycles. The minimum Gasteiger partial charge on any atom is -0.478 e. The maximum atomic E-state index is 14.0. The number of carboxylic acid groups (broad SMARTS) is 1. The predicted molar refractivity (Wildman–Crippen MR) is 169 cm³/mol. The first-order valence-corrected chi connectivity index (χ1v) is 15.1. The van der Waals surface area contributed by atoms with Gasteiger partial charge in [-0.2, -0.15) is 0 Å². The van der Waals surface area contributed by atoms with Gasteiger partial charge in [0.2, 0.25) is 0 Å². The molecule has 0 atom stereocenters. The van der Waals surface area contributed by atoms with Crippen LogP contribution in [0.25, 0.3) is 21.9 Å². The number of likely N-dealkylation sites (N-methyl/N-ethyl adjacent to an activating group) is 1. The number of nitrogens with one attached hydrogen (secondary N) is 1. The summed E-state index contributed by atoms with van der Waals surface area (Å²) in [5.41, 5.74) is 5.61. The van der Waals surface area contributed by atoms with Gasteiger partial charge in [0, 0.05) is 42.3 Å². The van der Waals surface area contributed by atoms with E-state index < -0.39 is 5.97 Å². The summed E-state index contributed by atoms with van der Waals surface area (Å²) >= 11 is 0. The van der Waals surface area contributed by atoms with E-state index in [1.165, 1.54) is 0 Å². The first-order valence-electron chi connectivity index (χ1n) is 15.1. The van der Waals surface area contributed by atoms with Crippen molar-refractivity contribution in [2.75, 3.05) is 33.2 Å². The van der Waals surface area contributed by atoms with Crippen LogP contribution in [0.2, 0.25) is 0 Å². The van der Waals surface area contributed by atoms with E-state index in [2.05, 4.69) is 34.3 Å². The number of hydrogen-bond donors (Lipinski definition) is 2. The number of aromatic carboxylic acids is 1. The summed E-state index contributed by atoms with van der Waals surface area (Å²) < 4.78 is 1.83. The fraction of sp³-hybridized carbons (Fsp3) is 0.343. The quantitative estimate of drug-likeness (QED) is 0.313. The number of carbonyl (C=O) groups is 2. The van der Waals surface area contributed by atoms with E-state index in [0.29, 0.717) is 30.1 Å². The Balaban J connectivity index is 1.39. The minimum absolute atomic E-state index is 0.0470. The lowest BCUT2D eigenvalue weighted by atomic mass is 9.95. The van der Waals surface area contributed by atoms with Crippen LogP contribution in [0.15, 0.2) is 71.5 Å². The average molecular weight is 579 g/mol. The monoisotopic (exact) mass is 578 g/mol. The fourth-order valence-corrected chi connectivity index (χ4v) is 5.88. The van der Waals surface area contributed by atoms with Crippen molar-refractivity contribution in [3.63, 3.8) is 0 Å². The van der Waals surface area contributed by atoms with Crippen molar-refractivity contribution in [3.8, 4) is 11.1 Å². The van der Waals surface area contributed by atoms with Crippen LogP contribution in [0.1, 0.15) is 56.8 Å². The van der Waals surface area contributed by atoms with Crippen LogP contribution in [-0.2, 0) is 13.1 Å². The number of nitrogens with zero attached hydrogens (tertiary/aromatic N) is 3. The number of aromatic nitrogens is 1. The molecule has 2 fully saturated rings. The number of carbonyl (C=O) groups excluding carboxylic acids is 1. The smallest absolute Gasteiger partial charge is 0.335 e. The molecule has 2 aliphatic rings. The highest BCUT2D eigenvalue weighted by molar-refractivity contribution is 5.97. The van der Waals surface area contributed by atoms with Crippen LogP contribution in [-0.4, -0.2) is 70.6 Å². The molecular formula is C35H38N4O4. The lowest BCUT2D eigenvalue weighted by Crippen LogP contribution is -2.32. The second-order valence-corrected chi connectivity index (χ2v) is 12.0. The number of pyridine rings is 1. The van der Waals surface area contributed by atoms with Gasteiger partial charge in [0.05, 0.1) is 12.1 Å². The molecule has 8 nitrogen and oxygen atoms in total. The summed E-state index contributed by atoms with van der Waals surface area (Å²) in [7, 11) is 2.14. The van der Waals surface area contributed by atoms with Crippen molar-refractivity contribution in [2.45, 2.75) is 45.3 Å². The average Bonchev–Trinajstić information content (AvgIpc) is 3.83. The second kappa shape index (κ2) is 12.1. The molecule has 4 aromatic rings. The van der Waals surface area contributed by atoms with Gasteiger partial charge in [-0.15, -0.1) is 0 Å². The standard InChI is InChI=1S/C35H38N4O4/c1-23-4-7-27(33(40)36-29-11-12-29)20-32(23)26-10-13-31-28(18-26)19-30(22-38-15-3-14-37(2)16-17-38)39(34(31)41)21-24-5-8-25(9-6-24)35(42)43/h4-10,13,18-20,29H,3,11-12,14-17,21-22H2,1-2H3,(H,36,40)(H,42,43). The van der Waals surface area contributed by atoms with E-state index in [4.69, 9.17) is 0 Å². The molecule has 1 saturated carbocycles. The largest absolute Gasteiger partial charge is 0.478 e. The van der Waals surface area contributed by atoms with Crippen molar-refractivity contribution in [1.29, 1.82) is 0 Å². The highest BCUT2D eigenvalue weighted by atomic mass is 16.4.